The number of hydrogen-bond acceptors (Lipinski definition) is 4. The van der Waals surface area contributed by atoms with Gasteiger partial charge in [-0.2, -0.15) is 0 Å². The Morgan fingerprint density at radius 3 is 2.70 bits per heavy atom. The Balaban J connectivity index is 2.00. The van der Waals surface area contributed by atoms with Crippen LogP contribution in [0.5, 0.6) is 0 Å². The number of aryl methyl sites for hydroxylation is 1. The molecule has 0 radical (unpaired) electrons. The molecule has 0 aliphatic carbocycles. The van der Waals surface area contributed by atoms with Crippen molar-refractivity contribution in [3.63, 3.8) is 0 Å². The number of ether oxygens (including phenoxy) is 1. The van der Waals surface area contributed by atoms with Crippen LogP contribution in [0.1, 0.15) is 27.9 Å². The zero-order valence-corrected chi connectivity index (χ0v) is 14.7. The van der Waals surface area contributed by atoms with Crippen LogP contribution < -0.4 is 10.6 Å². The van der Waals surface area contributed by atoms with Gasteiger partial charge in [-0.1, -0.05) is 24.3 Å². The van der Waals surface area contributed by atoms with Gasteiger partial charge in [-0.3, -0.25) is 0 Å². The van der Waals surface area contributed by atoms with E-state index in [2.05, 4.69) is 46.6 Å². The summed E-state index contributed by atoms with van der Waals surface area (Å²) < 4.78 is 5.24. The Bertz CT molecular complexity index is 639. The van der Waals surface area contributed by atoms with Gasteiger partial charge < -0.3 is 15.4 Å². The van der Waals surface area contributed by atoms with E-state index in [4.69, 9.17) is 4.74 Å². The number of hydrogen-bond donors (Lipinski definition) is 2. The van der Waals surface area contributed by atoms with Crippen LogP contribution in [0.3, 0.4) is 0 Å². The summed E-state index contributed by atoms with van der Waals surface area (Å²) in [6.07, 6.45) is 1.90. The van der Waals surface area contributed by atoms with E-state index in [-0.39, 0.29) is 0 Å². The van der Waals surface area contributed by atoms with Gasteiger partial charge in [0.05, 0.1) is 19.7 Å². The van der Waals surface area contributed by atoms with Crippen molar-refractivity contribution in [2.75, 3.05) is 13.7 Å². The fourth-order valence-electron chi connectivity index (χ4n) is 2.16. The van der Waals surface area contributed by atoms with E-state index in [0.29, 0.717) is 19.7 Å². The average molecular weight is 332 g/mol. The summed E-state index contributed by atoms with van der Waals surface area (Å²) in [5.74, 6) is 0.799. The van der Waals surface area contributed by atoms with E-state index >= 15 is 0 Å². The Morgan fingerprint density at radius 2 is 2.04 bits per heavy atom. The van der Waals surface area contributed by atoms with Crippen molar-refractivity contribution in [3.8, 4) is 0 Å². The summed E-state index contributed by atoms with van der Waals surface area (Å²) in [4.78, 5) is 10.2. The van der Waals surface area contributed by atoms with Gasteiger partial charge in [0.15, 0.2) is 5.96 Å². The molecule has 0 amide bonds. The van der Waals surface area contributed by atoms with Crippen molar-refractivity contribution in [1.29, 1.82) is 0 Å². The minimum absolute atomic E-state index is 0.605. The molecule has 0 spiro atoms. The molecule has 0 fully saturated rings. The predicted octanol–water partition coefficient (Wildman–Crippen LogP) is 2.85. The van der Waals surface area contributed by atoms with E-state index in [1.54, 1.807) is 18.4 Å². The van der Waals surface area contributed by atoms with E-state index in [1.807, 2.05) is 18.3 Å². The van der Waals surface area contributed by atoms with Gasteiger partial charge in [-0.05, 0) is 25.0 Å². The summed E-state index contributed by atoms with van der Waals surface area (Å²) in [5.41, 5.74) is 2.35. The summed E-state index contributed by atoms with van der Waals surface area (Å²) in [6.45, 7) is 6.85. The quantitative estimate of drug-likeness (QED) is 0.605. The number of nitrogens with zero attached hydrogens (tertiary/aromatic N) is 2. The minimum Gasteiger partial charge on any atom is -0.380 e. The molecule has 0 bridgehead atoms. The average Bonchev–Trinajstić information content (AvgIpc) is 2.97. The smallest absolute Gasteiger partial charge is 0.191 e. The Labute approximate surface area is 141 Å². The molecule has 2 aromatic rings. The fourth-order valence-corrected chi connectivity index (χ4v) is 2.88. The third-order valence-electron chi connectivity index (χ3n) is 3.25. The predicted molar refractivity (Wildman–Crippen MR) is 95.7 cm³/mol. The summed E-state index contributed by atoms with van der Waals surface area (Å²) >= 11 is 1.70. The van der Waals surface area contributed by atoms with E-state index in [1.165, 1.54) is 16.0 Å². The number of benzene rings is 1. The number of aromatic nitrogens is 1. The van der Waals surface area contributed by atoms with Crippen LogP contribution in [0.25, 0.3) is 0 Å². The molecule has 0 saturated carbocycles. The Hall–Kier alpha value is -1.92. The highest BCUT2D eigenvalue weighted by Gasteiger charge is 2.04. The Kier molecular flexibility index (Phi) is 7.03. The minimum atomic E-state index is 0.605. The lowest BCUT2D eigenvalue weighted by atomic mass is 10.1. The number of aliphatic imine (C=N–C) groups is 1. The third kappa shape index (κ3) is 5.65. The standard InChI is InChI=1S/C17H24N4OS/c1-4-18-17(21-11-16-19-9-13(2)23-16)20-10-14-7-5-6-8-15(14)12-22-3/h5-9H,4,10-12H2,1-3H3,(H2,18,20,21). The van der Waals surface area contributed by atoms with Gasteiger partial charge in [0.25, 0.3) is 0 Å². The highest BCUT2D eigenvalue weighted by atomic mass is 32.1. The second-order valence-corrected chi connectivity index (χ2v) is 6.43. The highest BCUT2D eigenvalue weighted by molar-refractivity contribution is 7.11. The van der Waals surface area contributed by atoms with Crippen LogP contribution in [0.4, 0.5) is 0 Å². The SMILES string of the molecule is CCNC(=NCc1ccccc1COC)NCc1ncc(C)s1. The number of guanidine groups is 1. The van der Waals surface area contributed by atoms with Crippen molar-refractivity contribution in [3.05, 3.63) is 51.5 Å². The number of methoxy groups -OCH3 is 1. The maximum Gasteiger partial charge on any atom is 0.191 e. The normalized spacial score (nSPS) is 11.5. The van der Waals surface area contributed by atoms with Gasteiger partial charge in [-0.25, -0.2) is 9.98 Å². The zero-order chi connectivity index (χ0) is 16.5. The molecule has 1 heterocycles. The molecule has 0 unspecified atom stereocenters. The zero-order valence-electron chi connectivity index (χ0n) is 13.9. The Morgan fingerprint density at radius 1 is 1.26 bits per heavy atom. The molecular weight excluding hydrogens is 308 g/mol. The van der Waals surface area contributed by atoms with E-state index < -0.39 is 0 Å². The number of rotatable bonds is 7. The van der Waals surface area contributed by atoms with Crippen molar-refractivity contribution in [2.45, 2.75) is 33.5 Å². The molecule has 0 aliphatic heterocycles. The topological polar surface area (TPSA) is 58.5 Å². The lowest BCUT2D eigenvalue weighted by Gasteiger charge is -2.11. The molecule has 23 heavy (non-hydrogen) atoms. The molecule has 0 aliphatic rings. The first-order valence-corrected chi connectivity index (χ1v) is 8.53. The second kappa shape index (κ2) is 9.27. The second-order valence-electron chi connectivity index (χ2n) is 5.12. The van der Waals surface area contributed by atoms with Crippen LogP contribution >= 0.6 is 11.3 Å². The van der Waals surface area contributed by atoms with Crippen molar-refractivity contribution < 1.29 is 4.74 Å². The van der Waals surface area contributed by atoms with Crippen LogP contribution in [0, 0.1) is 6.92 Å². The molecule has 124 valence electrons. The summed E-state index contributed by atoms with van der Waals surface area (Å²) in [7, 11) is 1.71. The van der Waals surface area contributed by atoms with Crippen LogP contribution in [0.2, 0.25) is 0 Å². The van der Waals surface area contributed by atoms with E-state index in [9.17, 15) is 0 Å². The molecule has 1 aromatic carbocycles. The molecule has 0 saturated heterocycles. The molecule has 5 nitrogen and oxygen atoms in total. The van der Waals surface area contributed by atoms with Crippen LogP contribution in [0.15, 0.2) is 35.5 Å². The monoisotopic (exact) mass is 332 g/mol. The lowest BCUT2D eigenvalue weighted by molar-refractivity contribution is 0.184. The first-order chi connectivity index (χ1) is 11.2. The van der Waals surface area contributed by atoms with Crippen LogP contribution in [-0.2, 0) is 24.4 Å². The van der Waals surface area contributed by atoms with Gasteiger partial charge >= 0.3 is 0 Å². The molecule has 6 heteroatoms. The summed E-state index contributed by atoms with van der Waals surface area (Å²) in [5, 5.41) is 7.66. The highest BCUT2D eigenvalue weighted by Crippen LogP contribution is 2.12. The first-order valence-electron chi connectivity index (χ1n) is 7.72. The van der Waals surface area contributed by atoms with E-state index in [0.717, 1.165) is 17.5 Å². The number of thiazole rings is 1. The number of nitrogens with one attached hydrogen (secondary N) is 2. The van der Waals surface area contributed by atoms with Crippen molar-refractivity contribution in [1.82, 2.24) is 15.6 Å². The van der Waals surface area contributed by atoms with Crippen molar-refractivity contribution >= 4 is 17.3 Å². The molecular formula is C17H24N4OS. The fraction of sp³-hybridized carbons (Fsp3) is 0.412. The molecule has 2 rings (SSSR count). The van der Waals surface area contributed by atoms with Gasteiger partial charge in [0.2, 0.25) is 0 Å². The third-order valence-corrected chi connectivity index (χ3v) is 4.16. The largest absolute Gasteiger partial charge is 0.380 e. The summed E-state index contributed by atoms with van der Waals surface area (Å²) in [6, 6.07) is 8.22. The maximum atomic E-state index is 5.24. The first kappa shape index (κ1) is 17.4. The molecule has 1 aromatic heterocycles. The van der Waals surface area contributed by atoms with Crippen molar-refractivity contribution in [2.24, 2.45) is 4.99 Å². The lowest BCUT2D eigenvalue weighted by Crippen LogP contribution is -2.36. The van der Waals surface area contributed by atoms with Crippen LogP contribution in [-0.4, -0.2) is 24.6 Å². The van der Waals surface area contributed by atoms with Gasteiger partial charge in [-0.15, -0.1) is 11.3 Å². The van der Waals surface area contributed by atoms with Gasteiger partial charge in [0, 0.05) is 24.7 Å². The van der Waals surface area contributed by atoms with Gasteiger partial charge in [0.1, 0.15) is 5.01 Å². The molecule has 2 N–H and O–H groups in total. The molecule has 0 atom stereocenters. The maximum absolute atomic E-state index is 5.24.